The Morgan fingerprint density at radius 2 is 1.81 bits per heavy atom. The molecule has 21 heavy (non-hydrogen) atoms. The van der Waals surface area contributed by atoms with Crippen molar-refractivity contribution >= 4 is 11.0 Å². The van der Waals surface area contributed by atoms with Crippen molar-refractivity contribution in [1.82, 2.24) is 9.55 Å². The minimum Gasteiger partial charge on any atom is -0.331 e. The molecule has 0 saturated heterocycles. The molecule has 0 radical (unpaired) electrons. The molecule has 2 aromatic rings. The zero-order chi connectivity index (χ0) is 15.1. The molecular weight excluding hydrogens is 258 g/mol. The fourth-order valence-corrected chi connectivity index (χ4v) is 2.82. The number of fused-ring (bicyclic) bond motifs is 1. The normalized spacial score (nSPS) is 10.9. The van der Waals surface area contributed by atoms with Crippen molar-refractivity contribution in [2.75, 3.05) is 0 Å². The topological polar surface area (TPSA) is 41.6 Å². The van der Waals surface area contributed by atoms with E-state index in [2.05, 4.69) is 22.5 Å². The summed E-state index contributed by atoms with van der Waals surface area (Å²) in [6.07, 6.45) is 10.2. The molecule has 1 aromatic heterocycles. The standard InChI is InChI=1S/C18H25N3/c1-3-4-5-6-7-8-9-13-17-20-18-15(14-19)11-10-12-16(18)21(17)2/h10-12H,3-9,13H2,1-2H3. The first-order chi connectivity index (χ1) is 10.3. The first-order valence-electron chi connectivity index (χ1n) is 8.12. The van der Waals surface area contributed by atoms with Gasteiger partial charge in [0.15, 0.2) is 0 Å². The second-order valence-electron chi connectivity index (χ2n) is 5.74. The summed E-state index contributed by atoms with van der Waals surface area (Å²) < 4.78 is 2.13. The first-order valence-corrected chi connectivity index (χ1v) is 8.12. The highest BCUT2D eigenvalue weighted by atomic mass is 15.1. The number of aryl methyl sites for hydroxylation is 2. The van der Waals surface area contributed by atoms with E-state index in [4.69, 9.17) is 5.26 Å². The average molecular weight is 283 g/mol. The van der Waals surface area contributed by atoms with E-state index in [0.717, 1.165) is 23.3 Å². The van der Waals surface area contributed by atoms with Crippen molar-refractivity contribution in [3.05, 3.63) is 29.6 Å². The number of unbranched alkanes of at least 4 members (excludes halogenated alkanes) is 6. The summed E-state index contributed by atoms with van der Waals surface area (Å²) in [5.74, 6) is 1.10. The van der Waals surface area contributed by atoms with Crippen LogP contribution in [-0.4, -0.2) is 9.55 Å². The van der Waals surface area contributed by atoms with Crippen molar-refractivity contribution in [3.63, 3.8) is 0 Å². The van der Waals surface area contributed by atoms with Crippen LogP contribution in [-0.2, 0) is 13.5 Å². The van der Waals surface area contributed by atoms with Gasteiger partial charge >= 0.3 is 0 Å². The third kappa shape index (κ3) is 3.85. The van der Waals surface area contributed by atoms with Gasteiger partial charge in [-0.2, -0.15) is 5.26 Å². The molecule has 0 fully saturated rings. The zero-order valence-electron chi connectivity index (χ0n) is 13.2. The van der Waals surface area contributed by atoms with Crippen LogP contribution in [0.3, 0.4) is 0 Å². The van der Waals surface area contributed by atoms with Gasteiger partial charge in [0.2, 0.25) is 0 Å². The number of hydrogen-bond donors (Lipinski definition) is 0. The van der Waals surface area contributed by atoms with Crippen molar-refractivity contribution in [2.45, 2.75) is 58.3 Å². The fourth-order valence-electron chi connectivity index (χ4n) is 2.82. The highest BCUT2D eigenvalue weighted by Crippen LogP contribution is 2.20. The van der Waals surface area contributed by atoms with Crippen LogP contribution in [0.5, 0.6) is 0 Å². The van der Waals surface area contributed by atoms with Crippen LogP contribution >= 0.6 is 0 Å². The number of para-hydroxylation sites is 1. The molecule has 3 nitrogen and oxygen atoms in total. The maximum Gasteiger partial charge on any atom is 0.109 e. The minimum atomic E-state index is 0.675. The summed E-state index contributed by atoms with van der Waals surface area (Å²) in [6, 6.07) is 8.04. The molecule has 0 saturated carbocycles. The molecule has 1 aromatic carbocycles. The van der Waals surface area contributed by atoms with Crippen molar-refractivity contribution < 1.29 is 0 Å². The SMILES string of the molecule is CCCCCCCCCc1nc2c(C#N)cccc2n1C. The lowest BCUT2D eigenvalue weighted by molar-refractivity contribution is 0.581. The number of nitrogens with zero attached hydrogens (tertiary/aromatic N) is 3. The Kier molecular flexibility index (Phi) is 5.80. The Morgan fingerprint density at radius 1 is 1.10 bits per heavy atom. The Balaban J connectivity index is 1.91. The molecule has 2 rings (SSSR count). The van der Waals surface area contributed by atoms with Crippen LogP contribution in [0.15, 0.2) is 18.2 Å². The van der Waals surface area contributed by atoms with Crippen LogP contribution < -0.4 is 0 Å². The van der Waals surface area contributed by atoms with Gasteiger partial charge in [0, 0.05) is 13.5 Å². The van der Waals surface area contributed by atoms with Crippen molar-refractivity contribution in [2.24, 2.45) is 7.05 Å². The van der Waals surface area contributed by atoms with Crippen LogP contribution in [0.25, 0.3) is 11.0 Å². The van der Waals surface area contributed by atoms with E-state index in [-0.39, 0.29) is 0 Å². The molecule has 0 unspecified atom stereocenters. The molecule has 112 valence electrons. The molecule has 3 heteroatoms. The predicted octanol–water partition coefficient (Wildman–Crippen LogP) is 4.74. The average Bonchev–Trinajstić information content (AvgIpc) is 2.83. The summed E-state index contributed by atoms with van der Waals surface area (Å²) in [4.78, 5) is 4.67. The van der Waals surface area contributed by atoms with E-state index in [0.29, 0.717) is 5.56 Å². The van der Waals surface area contributed by atoms with Gasteiger partial charge in [0.25, 0.3) is 0 Å². The molecule has 0 N–H and O–H groups in total. The van der Waals surface area contributed by atoms with E-state index >= 15 is 0 Å². The van der Waals surface area contributed by atoms with Crippen LogP contribution in [0.1, 0.15) is 63.3 Å². The van der Waals surface area contributed by atoms with E-state index in [1.807, 2.05) is 25.2 Å². The predicted molar refractivity (Wildman–Crippen MR) is 87.1 cm³/mol. The van der Waals surface area contributed by atoms with Gasteiger partial charge in [0.05, 0.1) is 11.1 Å². The first kappa shape index (κ1) is 15.6. The van der Waals surface area contributed by atoms with Gasteiger partial charge in [-0.25, -0.2) is 4.98 Å². The maximum atomic E-state index is 9.15. The summed E-state index contributed by atoms with van der Waals surface area (Å²) in [5, 5.41) is 9.15. The van der Waals surface area contributed by atoms with Crippen LogP contribution in [0.4, 0.5) is 0 Å². The minimum absolute atomic E-state index is 0.675. The van der Waals surface area contributed by atoms with Gasteiger partial charge in [-0.15, -0.1) is 0 Å². The van der Waals surface area contributed by atoms with E-state index in [1.54, 1.807) is 0 Å². The molecular formula is C18H25N3. The lowest BCUT2D eigenvalue weighted by Crippen LogP contribution is -1.97. The molecule has 0 aliphatic carbocycles. The lowest BCUT2D eigenvalue weighted by Gasteiger charge is -2.03. The molecule has 0 aliphatic rings. The van der Waals surface area contributed by atoms with E-state index in [1.165, 1.54) is 44.9 Å². The molecule has 0 atom stereocenters. The summed E-state index contributed by atoms with van der Waals surface area (Å²) in [5.41, 5.74) is 2.58. The van der Waals surface area contributed by atoms with Crippen molar-refractivity contribution in [1.29, 1.82) is 5.26 Å². The number of nitriles is 1. The molecule has 0 amide bonds. The second kappa shape index (κ2) is 7.83. The molecule has 0 bridgehead atoms. The third-order valence-corrected chi connectivity index (χ3v) is 4.13. The fraction of sp³-hybridized carbons (Fsp3) is 0.556. The Hall–Kier alpha value is -1.82. The van der Waals surface area contributed by atoms with Crippen molar-refractivity contribution in [3.8, 4) is 6.07 Å². The van der Waals surface area contributed by atoms with Gasteiger partial charge in [-0.3, -0.25) is 0 Å². The lowest BCUT2D eigenvalue weighted by atomic mass is 10.1. The van der Waals surface area contributed by atoms with Crippen LogP contribution in [0, 0.1) is 11.3 Å². The number of benzene rings is 1. The molecule has 0 spiro atoms. The number of aromatic nitrogens is 2. The Labute approximate surface area is 127 Å². The summed E-state index contributed by atoms with van der Waals surface area (Å²) in [7, 11) is 2.05. The summed E-state index contributed by atoms with van der Waals surface area (Å²) in [6.45, 7) is 2.25. The monoisotopic (exact) mass is 283 g/mol. The zero-order valence-corrected chi connectivity index (χ0v) is 13.2. The Bertz CT molecular complexity index is 619. The Morgan fingerprint density at radius 3 is 2.52 bits per heavy atom. The highest BCUT2D eigenvalue weighted by Gasteiger charge is 2.10. The second-order valence-corrected chi connectivity index (χ2v) is 5.74. The largest absolute Gasteiger partial charge is 0.331 e. The van der Waals surface area contributed by atoms with Crippen LogP contribution in [0.2, 0.25) is 0 Å². The van der Waals surface area contributed by atoms with Gasteiger partial charge < -0.3 is 4.57 Å². The van der Waals surface area contributed by atoms with Gasteiger partial charge in [-0.1, -0.05) is 51.5 Å². The third-order valence-electron chi connectivity index (χ3n) is 4.13. The van der Waals surface area contributed by atoms with E-state index < -0.39 is 0 Å². The van der Waals surface area contributed by atoms with E-state index in [9.17, 15) is 0 Å². The maximum absolute atomic E-state index is 9.15. The molecule has 0 aliphatic heterocycles. The number of rotatable bonds is 8. The molecule has 1 heterocycles. The highest BCUT2D eigenvalue weighted by molar-refractivity contribution is 5.82. The quantitative estimate of drug-likeness (QED) is 0.657. The smallest absolute Gasteiger partial charge is 0.109 e. The number of hydrogen-bond acceptors (Lipinski definition) is 2. The van der Waals surface area contributed by atoms with Gasteiger partial charge in [0.1, 0.15) is 17.4 Å². The number of imidazole rings is 1. The summed E-state index contributed by atoms with van der Waals surface area (Å²) >= 11 is 0. The van der Waals surface area contributed by atoms with Gasteiger partial charge in [-0.05, 0) is 18.6 Å².